The van der Waals surface area contributed by atoms with Gasteiger partial charge in [0.05, 0.1) is 22.3 Å². The summed E-state index contributed by atoms with van der Waals surface area (Å²) in [5.74, 6) is 0.845. The summed E-state index contributed by atoms with van der Waals surface area (Å²) in [6.07, 6.45) is 1.71. The van der Waals surface area contributed by atoms with Gasteiger partial charge in [-0.25, -0.2) is 4.39 Å². The van der Waals surface area contributed by atoms with Crippen LogP contribution in [-0.2, 0) is 6.61 Å². The smallest absolute Gasteiger partial charge is 0.174 e. The Morgan fingerprint density at radius 3 is 2.55 bits per heavy atom. The summed E-state index contributed by atoms with van der Waals surface area (Å²) < 4.78 is 25.9. The van der Waals surface area contributed by atoms with E-state index in [2.05, 4.69) is 28.7 Å². The van der Waals surface area contributed by atoms with Gasteiger partial charge in [-0.2, -0.15) is 5.26 Å². The number of aryl methyl sites for hydroxylation is 1. The van der Waals surface area contributed by atoms with Gasteiger partial charge in [-0.05, 0) is 76.5 Å². The zero-order valence-corrected chi connectivity index (χ0v) is 18.2. The zero-order chi connectivity index (χ0) is 20.8. The lowest BCUT2D eigenvalue weighted by Crippen LogP contribution is -2.00. The first-order valence-electron chi connectivity index (χ1n) is 8.94. The number of hydrogen-bond donors (Lipinski definition) is 0. The molecule has 29 heavy (non-hydrogen) atoms. The molecule has 3 nitrogen and oxygen atoms in total. The van der Waals surface area contributed by atoms with E-state index in [-0.39, 0.29) is 5.82 Å². The van der Waals surface area contributed by atoms with Crippen molar-refractivity contribution in [3.05, 3.63) is 92.3 Å². The fourth-order valence-electron chi connectivity index (χ4n) is 2.81. The first kappa shape index (κ1) is 20.9. The Labute approximate surface area is 183 Å². The molecule has 146 valence electrons. The topological polar surface area (TPSA) is 42.2 Å². The van der Waals surface area contributed by atoms with Gasteiger partial charge in [0.25, 0.3) is 0 Å². The minimum absolute atomic E-state index is 0.371. The minimum atomic E-state index is -0.379. The maximum Gasteiger partial charge on any atom is 0.174 e. The van der Waals surface area contributed by atoms with E-state index in [9.17, 15) is 9.65 Å². The minimum Gasteiger partial charge on any atom is -0.493 e. The molecule has 0 aliphatic carbocycles. The third-order valence-electron chi connectivity index (χ3n) is 4.32. The molecule has 0 unspecified atom stereocenters. The van der Waals surface area contributed by atoms with Crippen LogP contribution >= 0.6 is 22.6 Å². The van der Waals surface area contributed by atoms with Gasteiger partial charge in [0, 0.05) is 0 Å². The van der Waals surface area contributed by atoms with Crippen LogP contribution in [0.1, 0.15) is 22.3 Å². The van der Waals surface area contributed by atoms with Gasteiger partial charge >= 0.3 is 0 Å². The number of ether oxygens (including phenoxy) is 2. The average Bonchev–Trinajstić information content (AvgIpc) is 2.72. The molecule has 3 rings (SSSR count). The number of benzene rings is 3. The monoisotopic (exact) mass is 499 g/mol. The molecule has 0 N–H and O–H groups in total. The molecule has 3 aromatic carbocycles. The Morgan fingerprint density at radius 2 is 1.90 bits per heavy atom. The summed E-state index contributed by atoms with van der Waals surface area (Å²) in [7, 11) is 1.58. The van der Waals surface area contributed by atoms with Gasteiger partial charge in [0.1, 0.15) is 12.4 Å². The van der Waals surface area contributed by atoms with E-state index in [0.717, 1.165) is 14.7 Å². The molecule has 0 aliphatic rings. The molecule has 0 saturated carbocycles. The fraction of sp³-hybridized carbons (Fsp3) is 0.125. The molecule has 0 amide bonds. The van der Waals surface area contributed by atoms with Gasteiger partial charge in [-0.15, -0.1) is 0 Å². The van der Waals surface area contributed by atoms with Gasteiger partial charge < -0.3 is 9.47 Å². The second kappa shape index (κ2) is 9.57. The SMILES string of the molecule is COc1cc(/C=C(/C#N)c2cccc(F)c2)cc(I)c1OCc1ccc(C)cc1. The maximum absolute atomic E-state index is 13.5. The lowest BCUT2D eigenvalue weighted by molar-refractivity contribution is 0.282. The predicted molar refractivity (Wildman–Crippen MR) is 121 cm³/mol. The van der Waals surface area contributed by atoms with Crippen molar-refractivity contribution in [3.63, 3.8) is 0 Å². The van der Waals surface area contributed by atoms with Crippen molar-refractivity contribution in [2.45, 2.75) is 13.5 Å². The van der Waals surface area contributed by atoms with Gasteiger partial charge in [-0.1, -0.05) is 42.0 Å². The first-order chi connectivity index (χ1) is 14.0. The molecule has 0 bridgehead atoms. The average molecular weight is 499 g/mol. The van der Waals surface area contributed by atoms with Crippen molar-refractivity contribution in [1.29, 1.82) is 5.26 Å². The standard InChI is InChI=1S/C24H19FINO2/c1-16-6-8-17(9-7-16)15-29-24-22(26)11-18(12-23(24)28-2)10-20(14-27)19-4-3-5-21(25)13-19/h3-13H,15H2,1-2H3/b20-10-. The molecule has 5 heteroatoms. The van der Waals surface area contributed by atoms with Crippen molar-refractivity contribution < 1.29 is 13.9 Å². The molecule has 0 spiro atoms. The summed E-state index contributed by atoms with van der Waals surface area (Å²) in [6.45, 7) is 2.47. The molecule has 0 atom stereocenters. The largest absolute Gasteiger partial charge is 0.493 e. The van der Waals surface area contributed by atoms with Crippen molar-refractivity contribution in [3.8, 4) is 17.6 Å². The fourth-order valence-corrected chi connectivity index (χ4v) is 3.59. The number of methoxy groups -OCH3 is 1. The highest BCUT2D eigenvalue weighted by Crippen LogP contribution is 2.35. The van der Waals surface area contributed by atoms with Crippen LogP contribution in [0.25, 0.3) is 11.6 Å². The lowest BCUT2D eigenvalue weighted by Gasteiger charge is -2.14. The number of hydrogen-bond acceptors (Lipinski definition) is 3. The van der Waals surface area contributed by atoms with Crippen LogP contribution in [0.2, 0.25) is 0 Å². The van der Waals surface area contributed by atoms with Crippen molar-refractivity contribution in [1.82, 2.24) is 0 Å². The summed E-state index contributed by atoms with van der Waals surface area (Å²) in [6, 6.07) is 20.0. The summed E-state index contributed by atoms with van der Waals surface area (Å²) >= 11 is 2.18. The lowest BCUT2D eigenvalue weighted by atomic mass is 10.0. The van der Waals surface area contributed by atoms with Crippen molar-refractivity contribution >= 4 is 34.2 Å². The van der Waals surface area contributed by atoms with Crippen LogP contribution in [0.15, 0.2) is 60.7 Å². The Morgan fingerprint density at radius 1 is 1.14 bits per heavy atom. The molecule has 0 heterocycles. The maximum atomic E-state index is 13.5. The highest BCUT2D eigenvalue weighted by atomic mass is 127. The van der Waals surface area contributed by atoms with Crippen LogP contribution in [0.3, 0.4) is 0 Å². The summed E-state index contributed by atoms with van der Waals surface area (Å²) in [5.41, 5.74) is 3.94. The van der Waals surface area contributed by atoms with E-state index in [1.165, 1.54) is 17.7 Å². The molecule has 0 aliphatic heterocycles. The molecule has 0 radical (unpaired) electrons. The molecule has 0 fully saturated rings. The second-order valence-electron chi connectivity index (χ2n) is 6.49. The number of nitrogens with zero attached hydrogens (tertiary/aromatic N) is 1. The molecule has 0 aromatic heterocycles. The summed E-state index contributed by atoms with van der Waals surface area (Å²) in [5, 5.41) is 9.51. The van der Waals surface area contributed by atoms with Gasteiger partial charge in [0.15, 0.2) is 11.5 Å². The van der Waals surface area contributed by atoms with Crippen LogP contribution in [0.4, 0.5) is 4.39 Å². The highest BCUT2D eigenvalue weighted by Gasteiger charge is 2.12. The van der Waals surface area contributed by atoms with E-state index in [1.807, 2.05) is 43.3 Å². The van der Waals surface area contributed by atoms with E-state index in [0.29, 0.717) is 29.2 Å². The van der Waals surface area contributed by atoms with Gasteiger partial charge in [-0.3, -0.25) is 0 Å². The van der Waals surface area contributed by atoms with Crippen molar-refractivity contribution in [2.24, 2.45) is 0 Å². The molecule has 3 aromatic rings. The number of halogens is 2. The number of nitriles is 1. The van der Waals surface area contributed by atoms with Crippen LogP contribution in [0.5, 0.6) is 11.5 Å². The first-order valence-corrected chi connectivity index (χ1v) is 10.0. The highest BCUT2D eigenvalue weighted by molar-refractivity contribution is 14.1. The Bertz CT molecular complexity index is 1090. The third-order valence-corrected chi connectivity index (χ3v) is 5.12. The van der Waals surface area contributed by atoms with Crippen LogP contribution in [-0.4, -0.2) is 7.11 Å². The Balaban J connectivity index is 1.89. The quantitative estimate of drug-likeness (QED) is 0.224. The summed E-state index contributed by atoms with van der Waals surface area (Å²) in [4.78, 5) is 0. The number of rotatable bonds is 6. The van der Waals surface area contributed by atoms with Crippen LogP contribution < -0.4 is 9.47 Å². The van der Waals surface area contributed by atoms with E-state index < -0.39 is 0 Å². The van der Waals surface area contributed by atoms with Gasteiger partial charge in [0.2, 0.25) is 0 Å². The predicted octanol–water partition coefficient (Wildman–Crippen LogP) is 6.39. The van der Waals surface area contributed by atoms with Crippen molar-refractivity contribution in [2.75, 3.05) is 7.11 Å². The third kappa shape index (κ3) is 5.36. The second-order valence-corrected chi connectivity index (χ2v) is 7.65. The normalized spacial score (nSPS) is 11.1. The Hall–Kier alpha value is -2.85. The number of allylic oxidation sites excluding steroid dienone is 1. The molecular formula is C24H19FINO2. The van der Waals surface area contributed by atoms with E-state index >= 15 is 0 Å². The molecule has 0 saturated heterocycles. The molecular weight excluding hydrogens is 480 g/mol. The Kier molecular flexibility index (Phi) is 6.89. The van der Waals surface area contributed by atoms with Crippen LogP contribution in [0, 0.1) is 27.6 Å². The van der Waals surface area contributed by atoms with E-state index in [1.54, 1.807) is 25.3 Å². The van der Waals surface area contributed by atoms with E-state index in [4.69, 9.17) is 9.47 Å². The zero-order valence-electron chi connectivity index (χ0n) is 16.1.